The summed E-state index contributed by atoms with van der Waals surface area (Å²) in [5.41, 5.74) is 1.56. The van der Waals surface area contributed by atoms with Crippen molar-refractivity contribution in [2.45, 2.75) is 66.4 Å². The maximum atomic E-state index is 12.6. The molecule has 3 heteroatoms. The summed E-state index contributed by atoms with van der Waals surface area (Å²) in [6, 6.07) is 8.34. The van der Waals surface area contributed by atoms with Gasteiger partial charge in [-0.1, -0.05) is 46.8 Å². The average Bonchev–Trinajstić information content (AvgIpc) is 2.94. The smallest absolute Gasteiger partial charge is 0.308 e. The largest absolute Gasteiger partial charge is 0.497 e. The summed E-state index contributed by atoms with van der Waals surface area (Å²) in [5, 5.41) is 0. The Morgan fingerprint density at radius 3 is 2.46 bits per heavy atom. The number of carbonyl (C=O) groups is 1. The molecule has 2 bridgehead atoms. The summed E-state index contributed by atoms with van der Waals surface area (Å²) in [6.07, 6.45) is 4.20. The summed E-state index contributed by atoms with van der Waals surface area (Å²) >= 11 is 0. The van der Waals surface area contributed by atoms with Crippen molar-refractivity contribution in [2.75, 3.05) is 7.11 Å². The molecule has 0 N–H and O–H groups in total. The Morgan fingerprint density at radius 1 is 1.23 bits per heavy atom. The van der Waals surface area contributed by atoms with Crippen molar-refractivity contribution in [1.29, 1.82) is 0 Å². The summed E-state index contributed by atoms with van der Waals surface area (Å²) in [4.78, 5) is 12.6. The molecule has 0 spiro atoms. The lowest BCUT2D eigenvalue weighted by Crippen LogP contribution is -2.42. The van der Waals surface area contributed by atoms with Crippen molar-refractivity contribution < 1.29 is 14.3 Å². The van der Waals surface area contributed by atoms with Crippen LogP contribution in [0, 0.1) is 28.6 Å². The van der Waals surface area contributed by atoms with Crippen molar-refractivity contribution in [3.8, 4) is 5.75 Å². The molecule has 0 amide bonds. The summed E-state index contributed by atoms with van der Waals surface area (Å²) in [5.74, 6) is 1.83. The first-order chi connectivity index (χ1) is 12.2. The highest BCUT2D eigenvalue weighted by Crippen LogP contribution is 2.69. The van der Waals surface area contributed by atoms with E-state index in [2.05, 4.69) is 32.9 Å². The molecule has 2 aliphatic rings. The Bertz CT molecular complexity index is 648. The predicted octanol–water partition coefficient (Wildman–Crippen LogP) is 5.27. The van der Waals surface area contributed by atoms with Crippen LogP contribution in [0.25, 0.3) is 0 Å². The number of ether oxygens (including phenoxy) is 2. The number of methoxy groups -OCH3 is 1. The van der Waals surface area contributed by atoms with Crippen molar-refractivity contribution in [1.82, 2.24) is 0 Å². The molecule has 0 aliphatic heterocycles. The molecule has 0 saturated heterocycles. The molecule has 2 saturated carbocycles. The van der Waals surface area contributed by atoms with E-state index >= 15 is 0 Å². The Kier molecular flexibility index (Phi) is 5.11. The molecular formula is C23H34O3. The van der Waals surface area contributed by atoms with E-state index in [0.717, 1.165) is 25.0 Å². The van der Waals surface area contributed by atoms with Gasteiger partial charge in [0.25, 0.3) is 0 Å². The fraction of sp³-hybridized carbons (Fsp3) is 0.696. The van der Waals surface area contributed by atoms with Gasteiger partial charge in [0.1, 0.15) is 11.9 Å². The van der Waals surface area contributed by atoms with E-state index in [9.17, 15) is 4.79 Å². The van der Waals surface area contributed by atoms with Crippen LogP contribution in [0.15, 0.2) is 24.3 Å². The third-order valence-electron chi connectivity index (χ3n) is 7.80. The van der Waals surface area contributed by atoms with E-state index in [4.69, 9.17) is 9.47 Å². The number of benzene rings is 1. The SMILES string of the molecule is CC[C@H](C)C(=O)O[C@@H]1[C@@H](Cc2ccc(OC)cc2)[C@H]2CC[C@]1(C)C2(C)C. The lowest BCUT2D eigenvalue weighted by molar-refractivity contribution is -0.165. The molecule has 3 nitrogen and oxygen atoms in total. The minimum Gasteiger partial charge on any atom is -0.497 e. The summed E-state index contributed by atoms with van der Waals surface area (Å²) in [7, 11) is 1.69. The van der Waals surface area contributed by atoms with Gasteiger partial charge in [-0.05, 0) is 54.7 Å². The monoisotopic (exact) mass is 358 g/mol. The zero-order chi connectivity index (χ0) is 19.1. The number of hydrogen-bond donors (Lipinski definition) is 0. The highest BCUT2D eigenvalue weighted by atomic mass is 16.5. The molecule has 0 heterocycles. The van der Waals surface area contributed by atoms with Gasteiger partial charge in [-0.25, -0.2) is 0 Å². The van der Waals surface area contributed by atoms with Crippen molar-refractivity contribution in [2.24, 2.45) is 28.6 Å². The molecule has 0 aromatic heterocycles. The third-order valence-corrected chi connectivity index (χ3v) is 7.80. The van der Waals surface area contributed by atoms with Crippen LogP contribution < -0.4 is 4.74 Å². The van der Waals surface area contributed by atoms with Crippen molar-refractivity contribution in [3.05, 3.63) is 29.8 Å². The molecule has 5 atom stereocenters. The summed E-state index contributed by atoms with van der Waals surface area (Å²) in [6.45, 7) is 11.1. The number of carbonyl (C=O) groups excluding carboxylic acids is 1. The van der Waals surface area contributed by atoms with Crippen LogP contribution in [0.1, 0.15) is 59.4 Å². The Labute approximate surface area is 158 Å². The topological polar surface area (TPSA) is 35.5 Å². The first-order valence-corrected chi connectivity index (χ1v) is 10.1. The molecule has 0 unspecified atom stereocenters. The van der Waals surface area contributed by atoms with Crippen LogP contribution >= 0.6 is 0 Å². The van der Waals surface area contributed by atoms with Crippen LogP contribution in [0.4, 0.5) is 0 Å². The maximum absolute atomic E-state index is 12.6. The van der Waals surface area contributed by atoms with Crippen molar-refractivity contribution >= 4 is 5.97 Å². The second kappa shape index (κ2) is 6.90. The van der Waals surface area contributed by atoms with E-state index in [1.54, 1.807) is 7.11 Å². The zero-order valence-electron chi connectivity index (χ0n) is 17.2. The first kappa shape index (κ1) is 19.3. The number of hydrogen-bond acceptors (Lipinski definition) is 3. The zero-order valence-corrected chi connectivity index (χ0v) is 17.2. The molecule has 0 radical (unpaired) electrons. The number of esters is 1. The van der Waals surface area contributed by atoms with Crippen LogP contribution in [0.2, 0.25) is 0 Å². The fourth-order valence-electron chi connectivity index (χ4n) is 5.41. The number of rotatable bonds is 6. The minimum atomic E-state index is -0.0261. The highest BCUT2D eigenvalue weighted by Gasteiger charge is 2.67. The predicted molar refractivity (Wildman–Crippen MR) is 104 cm³/mol. The van der Waals surface area contributed by atoms with Gasteiger partial charge in [0.2, 0.25) is 0 Å². The van der Waals surface area contributed by atoms with Crippen LogP contribution in [0.5, 0.6) is 5.75 Å². The molecule has 2 aliphatic carbocycles. The Hall–Kier alpha value is -1.51. The molecule has 26 heavy (non-hydrogen) atoms. The molecule has 1 aromatic carbocycles. The molecule has 2 fully saturated rings. The van der Waals surface area contributed by atoms with Crippen LogP contribution in [-0.4, -0.2) is 19.2 Å². The molecule has 3 rings (SSSR count). The van der Waals surface area contributed by atoms with Gasteiger partial charge in [-0.2, -0.15) is 0 Å². The van der Waals surface area contributed by atoms with Gasteiger partial charge in [-0.3, -0.25) is 4.79 Å². The summed E-state index contributed by atoms with van der Waals surface area (Å²) < 4.78 is 11.5. The van der Waals surface area contributed by atoms with E-state index in [0.29, 0.717) is 11.8 Å². The highest BCUT2D eigenvalue weighted by molar-refractivity contribution is 5.72. The molecule has 1 aromatic rings. The van der Waals surface area contributed by atoms with Gasteiger partial charge < -0.3 is 9.47 Å². The second-order valence-corrected chi connectivity index (χ2v) is 9.17. The fourth-order valence-corrected chi connectivity index (χ4v) is 5.41. The Morgan fingerprint density at radius 2 is 1.88 bits per heavy atom. The second-order valence-electron chi connectivity index (χ2n) is 9.17. The van der Waals surface area contributed by atoms with Crippen LogP contribution in [-0.2, 0) is 16.0 Å². The van der Waals surface area contributed by atoms with Crippen LogP contribution in [0.3, 0.4) is 0 Å². The van der Waals surface area contributed by atoms with E-state index in [1.807, 2.05) is 26.0 Å². The third kappa shape index (κ3) is 2.93. The average molecular weight is 359 g/mol. The molecular weight excluding hydrogens is 324 g/mol. The standard InChI is InChI=1S/C23H34O3/c1-7-15(2)21(24)26-20-18(14-16-8-10-17(25-6)11-9-16)19-12-13-23(20,5)22(19,3)4/h8-11,15,18-20H,7,12-14H2,1-6H3/t15-,18-,19+,20+,23-/m0/s1. The lowest BCUT2D eigenvalue weighted by Gasteiger charge is -2.40. The van der Waals surface area contributed by atoms with E-state index < -0.39 is 0 Å². The quantitative estimate of drug-likeness (QED) is 0.650. The lowest BCUT2D eigenvalue weighted by atomic mass is 9.70. The van der Waals surface area contributed by atoms with Gasteiger partial charge in [-0.15, -0.1) is 0 Å². The van der Waals surface area contributed by atoms with E-state index in [-0.39, 0.29) is 28.8 Å². The normalized spacial score (nSPS) is 33.1. The van der Waals surface area contributed by atoms with Gasteiger partial charge in [0.15, 0.2) is 0 Å². The van der Waals surface area contributed by atoms with Gasteiger partial charge in [0, 0.05) is 11.3 Å². The van der Waals surface area contributed by atoms with Gasteiger partial charge >= 0.3 is 5.97 Å². The van der Waals surface area contributed by atoms with Gasteiger partial charge in [0.05, 0.1) is 13.0 Å². The Balaban J connectivity index is 1.86. The van der Waals surface area contributed by atoms with E-state index in [1.165, 1.54) is 12.0 Å². The maximum Gasteiger partial charge on any atom is 0.308 e. The number of fused-ring (bicyclic) bond motifs is 2. The van der Waals surface area contributed by atoms with Crippen molar-refractivity contribution in [3.63, 3.8) is 0 Å². The first-order valence-electron chi connectivity index (χ1n) is 10.1. The molecule has 144 valence electrons. The minimum absolute atomic E-state index is 0.0138.